The Kier molecular flexibility index (Phi) is 2.67. The normalized spacial score (nSPS) is 11.2. The van der Waals surface area contributed by atoms with Gasteiger partial charge in [-0.3, -0.25) is 9.36 Å². The minimum Gasteiger partial charge on any atom is -0.336 e. The predicted octanol–water partition coefficient (Wildman–Crippen LogP) is 1.28. The summed E-state index contributed by atoms with van der Waals surface area (Å²) in [6.07, 6.45) is 1.83. The molecule has 6 heteroatoms. The first-order valence-corrected chi connectivity index (χ1v) is 5.61. The van der Waals surface area contributed by atoms with Crippen LogP contribution in [0.3, 0.4) is 0 Å². The van der Waals surface area contributed by atoms with Gasteiger partial charge in [-0.05, 0) is 18.6 Å². The zero-order valence-corrected chi connectivity index (χ0v) is 10.4. The summed E-state index contributed by atoms with van der Waals surface area (Å²) >= 11 is 5.16. The van der Waals surface area contributed by atoms with Gasteiger partial charge in [0.2, 0.25) is 0 Å². The summed E-state index contributed by atoms with van der Waals surface area (Å²) < 4.78 is 3.68. The maximum Gasteiger partial charge on any atom is 0.280 e. The Hall–Kier alpha value is -1.43. The topological polar surface area (TPSA) is 55.6 Å². The van der Waals surface area contributed by atoms with Crippen LogP contribution in [-0.2, 0) is 20.5 Å². The van der Waals surface area contributed by atoms with Crippen molar-refractivity contribution in [3.05, 3.63) is 20.9 Å². The maximum atomic E-state index is 11.9. The van der Waals surface area contributed by atoms with Crippen LogP contribution in [0.15, 0.2) is 4.79 Å². The molecule has 16 heavy (non-hydrogen) atoms. The third-order valence-corrected chi connectivity index (χ3v) is 3.18. The quantitative estimate of drug-likeness (QED) is 0.802. The van der Waals surface area contributed by atoms with Crippen molar-refractivity contribution in [2.45, 2.75) is 19.8 Å². The van der Waals surface area contributed by atoms with Crippen molar-refractivity contribution in [1.82, 2.24) is 19.1 Å². The molecule has 2 rings (SSSR count). The number of nitrogens with one attached hydrogen (secondary N) is 1. The second-order valence-electron chi connectivity index (χ2n) is 3.84. The molecule has 0 aliphatic carbocycles. The predicted molar refractivity (Wildman–Crippen MR) is 65.1 cm³/mol. The number of H-pyrrole nitrogens is 1. The van der Waals surface area contributed by atoms with E-state index in [2.05, 4.69) is 16.9 Å². The van der Waals surface area contributed by atoms with Crippen LogP contribution in [0.25, 0.3) is 11.2 Å². The van der Waals surface area contributed by atoms with E-state index < -0.39 is 0 Å². The minimum atomic E-state index is -0.118. The lowest BCUT2D eigenvalue weighted by atomic mass is 10.3. The van der Waals surface area contributed by atoms with Gasteiger partial charge in [0.25, 0.3) is 5.56 Å². The number of aryl methyl sites for hydroxylation is 2. The lowest BCUT2D eigenvalue weighted by Gasteiger charge is -2.03. The van der Waals surface area contributed by atoms with Gasteiger partial charge >= 0.3 is 0 Å². The fourth-order valence-corrected chi connectivity index (χ4v) is 1.90. The highest BCUT2D eigenvalue weighted by Gasteiger charge is 2.10. The van der Waals surface area contributed by atoms with E-state index in [9.17, 15) is 4.79 Å². The molecule has 0 aliphatic rings. The van der Waals surface area contributed by atoms with Gasteiger partial charge < -0.3 is 9.55 Å². The average molecular weight is 238 g/mol. The van der Waals surface area contributed by atoms with Crippen LogP contribution in [0.1, 0.15) is 19.2 Å². The number of aromatic nitrogens is 4. The highest BCUT2D eigenvalue weighted by molar-refractivity contribution is 7.71. The molecular formula is C10H14N4OS. The second kappa shape index (κ2) is 3.86. The third kappa shape index (κ3) is 1.49. The third-order valence-electron chi connectivity index (χ3n) is 2.63. The van der Waals surface area contributed by atoms with Crippen molar-refractivity contribution in [3.63, 3.8) is 0 Å². The summed E-state index contributed by atoms with van der Waals surface area (Å²) in [7, 11) is 3.49. The van der Waals surface area contributed by atoms with Crippen molar-refractivity contribution in [1.29, 1.82) is 0 Å². The van der Waals surface area contributed by atoms with Crippen molar-refractivity contribution in [3.8, 4) is 0 Å². The first-order chi connectivity index (χ1) is 7.56. The van der Waals surface area contributed by atoms with E-state index in [1.807, 2.05) is 7.05 Å². The van der Waals surface area contributed by atoms with Gasteiger partial charge in [-0.15, -0.1) is 0 Å². The fraction of sp³-hybridized carbons (Fsp3) is 0.500. The summed E-state index contributed by atoms with van der Waals surface area (Å²) in [5, 5.41) is 0. The van der Waals surface area contributed by atoms with Gasteiger partial charge in [0.05, 0.1) is 0 Å². The second-order valence-corrected chi connectivity index (χ2v) is 4.20. The summed E-state index contributed by atoms with van der Waals surface area (Å²) in [4.78, 5) is 19.4. The standard InChI is InChI=1S/C10H14N4OS/c1-4-5-6-11-7-8(12-6)13(2)10(16)14(3)9(7)15/h4-5H2,1-3H3,(H,11,12). The van der Waals surface area contributed by atoms with Crippen LogP contribution >= 0.6 is 12.2 Å². The van der Waals surface area contributed by atoms with E-state index in [1.165, 1.54) is 4.57 Å². The highest BCUT2D eigenvalue weighted by Crippen LogP contribution is 2.08. The molecule has 1 N–H and O–H groups in total. The number of hydrogen-bond donors (Lipinski definition) is 1. The molecular weight excluding hydrogens is 224 g/mol. The summed E-state index contributed by atoms with van der Waals surface area (Å²) in [6.45, 7) is 2.07. The van der Waals surface area contributed by atoms with E-state index in [-0.39, 0.29) is 5.56 Å². The van der Waals surface area contributed by atoms with Crippen LogP contribution in [0, 0.1) is 4.77 Å². The Bertz CT molecular complexity index is 649. The van der Waals surface area contributed by atoms with Crippen molar-refractivity contribution >= 4 is 23.4 Å². The highest BCUT2D eigenvalue weighted by atomic mass is 32.1. The number of hydrogen-bond acceptors (Lipinski definition) is 3. The van der Waals surface area contributed by atoms with Crippen LogP contribution in [0.4, 0.5) is 0 Å². The molecule has 2 aromatic heterocycles. The number of nitrogens with zero attached hydrogens (tertiary/aromatic N) is 3. The van der Waals surface area contributed by atoms with Crippen LogP contribution in [-0.4, -0.2) is 19.1 Å². The first-order valence-electron chi connectivity index (χ1n) is 5.20. The van der Waals surface area contributed by atoms with Gasteiger partial charge in [0.1, 0.15) is 11.3 Å². The lowest BCUT2D eigenvalue weighted by molar-refractivity contribution is 0.741. The molecule has 0 aromatic carbocycles. The Morgan fingerprint density at radius 2 is 2.06 bits per heavy atom. The Balaban J connectivity index is 2.87. The molecule has 0 saturated heterocycles. The summed E-state index contributed by atoms with van der Waals surface area (Å²) in [5.41, 5.74) is 1.05. The Labute approximate surface area is 97.7 Å². The summed E-state index contributed by atoms with van der Waals surface area (Å²) in [5.74, 6) is 0.839. The van der Waals surface area contributed by atoms with Crippen LogP contribution < -0.4 is 5.56 Å². The van der Waals surface area contributed by atoms with Crippen molar-refractivity contribution in [2.24, 2.45) is 14.1 Å². The maximum absolute atomic E-state index is 11.9. The molecule has 0 bridgehead atoms. The number of rotatable bonds is 2. The van der Waals surface area contributed by atoms with E-state index >= 15 is 0 Å². The lowest BCUT2D eigenvalue weighted by Crippen LogP contribution is -2.21. The number of fused-ring (bicyclic) bond motifs is 1. The SMILES string of the molecule is CCCc1nc2c([nH]1)c(=O)n(C)c(=S)n2C. The van der Waals surface area contributed by atoms with E-state index in [1.54, 1.807) is 11.6 Å². The minimum absolute atomic E-state index is 0.118. The van der Waals surface area contributed by atoms with E-state index in [0.29, 0.717) is 15.9 Å². The van der Waals surface area contributed by atoms with Crippen LogP contribution in [0.2, 0.25) is 0 Å². The molecule has 0 radical (unpaired) electrons. The van der Waals surface area contributed by atoms with Crippen molar-refractivity contribution < 1.29 is 0 Å². The molecule has 86 valence electrons. The van der Waals surface area contributed by atoms with E-state index in [0.717, 1.165) is 18.7 Å². The monoisotopic (exact) mass is 238 g/mol. The zero-order chi connectivity index (χ0) is 11.9. The van der Waals surface area contributed by atoms with Gasteiger partial charge in [-0.1, -0.05) is 6.92 Å². The number of imidazole rings is 1. The average Bonchev–Trinajstić information content (AvgIpc) is 2.68. The smallest absolute Gasteiger partial charge is 0.280 e. The van der Waals surface area contributed by atoms with Crippen molar-refractivity contribution in [2.75, 3.05) is 0 Å². The molecule has 0 atom stereocenters. The molecule has 2 aromatic rings. The Morgan fingerprint density at radius 1 is 1.38 bits per heavy atom. The largest absolute Gasteiger partial charge is 0.336 e. The molecule has 0 aliphatic heterocycles. The molecule has 0 unspecified atom stereocenters. The van der Waals surface area contributed by atoms with Gasteiger partial charge in [0.15, 0.2) is 10.4 Å². The summed E-state index contributed by atoms with van der Waals surface area (Å²) in [6, 6.07) is 0. The molecule has 0 saturated carbocycles. The number of aromatic amines is 1. The molecule has 5 nitrogen and oxygen atoms in total. The van der Waals surface area contributed by atoms with Gasteiger partial charge in [-0.25, -0.2) is 4.98 Å². The molecule has 0 spiro atoms. The van der Waals surface area contributed by atoms with E-state index in [4.69, 9.17) is 12.2 Å². The van der Waals surface area contributed by atoms with Gasteiger partial charge in [-0.2, -0.15) is 0 Å². The molecule has 0 fully saturated rings. The molecule has 0 amide bonds. The fourth-order valence-electron chi connectivity index (χ4n) is 1.73. The zero-order valence-electron chi connectivity index (χ0n) is 9.57. The Morgan fingerprint density at radius 3 is 2.69 bits per heavy atom. The first kappa shape index (κ1) is 11.1. The molecule has 2 heterocycles. The van der Waals surface area contributed by atoms with Crippen LogP contribution in [0.5, 0.6) is 0 Å². The van der Waals surface area contributed by atoms with Gasteiger partial charge in [0, 0.05) is 20.5 Å².